The maximum absolute atomic E-state index is 12.8. The smallest absolute Gasteiger partial charge is 0.306 e. The van der Waals surface area contributed by atoms with E-state index in [1.165, 1.54) is 70.6 Å². The lowest BCUT2D eigenvalue weighted by atomic mass is 10.1. The first-order valence-electron chi connectivity index (χ1n) is 26.7. The molecule has 0 spiro atoms. The Morgan fingerprint density at radius 3 is 1.00 bits per heavy atom. The summed E-state index contributed by atoms with van der Waals surface area (Å²) in [7, 11) is 0. The van der Waals surface area contributed by atoms with E-state index in [0.29, 0.717) is 19.3 Å². The van der Waals surface area contributed by atoms with Crippen molar-refractivity contribution in [3.05, 3.63) is 134 Å². The molecule has 0 aromatic heterocycles. The van der Waals surface area contributed by atoms with Crippen LogP contribution in [-0.2, 0) is 28.6 Å². The van der Waals surface area contributed by atoms with Crippen LogP contribution < -0.4 is 0 Å². The van der Waals surface area contributed by atoms with Gasteiger partial charge in [0.15, 0.2) is 6.10 Å². The van der Waals surface area contributed by atoms with E-state index in [1.807, 2.05) is 0 Å². The average Bonchev–Trinajstić information content (AvgIpc) is 3.33. The molecule has 0 N–H and O–H groups in total. The van der Waals surface area contributed by atoms with Crippen molar-refractivity contribution in [1.29, 1.82) is 0 Å². The van der Waals surface area contributed by atoms with Gasteiger partial charge in [0.25, 0.3) is 0 Å². The SMILES string of the molecule is CC/C=C\C/C=C\C/C=C\C/C=C\C/C=C\CCCC(=O)OC[C@H](COC(=O)CCCC/C=C\C/C=C\C/C=C\CCCCC)OC(=O)CCC/C=C\C/C=C\C/C=C\CCCCCCCC. The summed E-state index contributed by atoms with van der Waals surface area (Å²) >= 11 is 0. The third kappa shape index (κ3) is 52.4. The number of ether oxygens (including phenoxy) is 3. The van der Waals surface area contributed by atoms with Crippen molar-refractivity contribution in [2.75, 3.05) is 13.2 Å². The maximum Gasteiger partial charge on any atom is 0.306 e. The number of rotatable bonds is 46. The first kappa shape index (κ1) is 62.5. The van der Waals surface area contributed by atoms with E-state index in [2.05, 4.69) is 154 Å². The molecule has 0 aromatic carbocycles. The molecule has 6 heteroatoms. The van der Waals surface area contributed by atoms with Gasteiger partial charge in [0, 0.05) is 19.3 Å². The summed E-state index contributed by atoms with van der Waals surface area (Å²) in [6.07, 6.45) is 75.9. The summed E-state index contributed by atoms with van der Waals surface area (Å²) in [6, 6.07) is 0. The number of hydrogen-bond donors (Lipinski definition) is 0. The van der Waals surface area contributed by atoms with E-state index in [1.54, 1.807) is 0 Å². The molecule has 0 saturated heterocycles. The molecule has 0 saturated carbocycles. The van der Waals surface area contributed by atoms with Crippen molar-refractivity contribution in [2.24, 2.45) is 0 Å². The quantitative estimate of drug-likeness (QED) is 0.0262. The molecule has 376 valence electrons. The molecule has 0 unspecified atom stereocenters. The van der Waals surface area contributed by atoms with Crippen LogP contribution in [0.15, 0.2) is 134 Å². The van der Waals surface area contributed by atoms with Crippen LogP contribution in [0.1, 0.15) is 213 Å². The highest BCUT2D eigenvalue weighted by atomic mass is 16.6. The minimum absolute atomic E-state index is 0.140. The largest absolute Gasteiger partial charge is 0.462 e. The Balaban J connectivity index is 4.64. The Labute approximate surface area is 411 Å². The van der Waals surface area contributed by atoms with Crippen LogP contribution in [0.2, 0.25) is 0 Å². The Bertz CT molecular complexity index is 1480. The van der Waals surface area contributed by atoms with Crippen LogP contribution in [-0.4, -0.2) is 37.2 Å². The van der Waals surface area contributed by atoms with Gasteiger partial charge in [0.2, 0.25) is 0 Å². The van der Waals surface area contributed by atoms with Gasteiger partial charge in [-0.05, 0) is 128 Å². The molecule has 1 atom stereocenters. The van der Waals surface area contributed by atoms with E-state index in [9.17, 15) is 14.4 Å². The standard InChI is InChI=1S/C61H96O6/c1-4-7-10-13-16-19-22-25-28-30-33-36-39-42-45-48-51-54-60(63)66-57-58(56-65-59(62)53-50-47-44-41-38-35-32-27-24-21-18-15-12-9-6-3)67-61(64)55-52-49-46-43-40-37-34-31-29-26-23-20-17-14-11-8-5-2/h7,10,16,18-19,21,25-29,32-34,36-38,41-43,45-46,58H,4-6,8-9,11-15,17,20,22-24,30-31,35,39-40,44,47-57H2,1-3H3/b10-7-,19-16-,21-18-,28-25-,29-26-,32-27-,36-33-,37-34-,41-38-,45-42-,46-43-/t58-/m0/s1. The number of allylic oxidation sites excluding steroid dienone is 22. The molecule has 0 aromatic rings. The molecule has 6 nitrogen and oxygen atoms in total. The van der Waals surface area contributed by atoms with Crippen molar-refractivity contribution in [2.45, 2.75) is 219 Å². The fourth-order valence-corrected chi connectivity index (χ4v) is 6.62. The molecule has 0 rings (SSSR count). The molecule has 0 amide bonds. The second-order valence-electron chi connectivity index (χ2n) is 17.0. The monoisotopic (exact) mass is 925 g/mol. The average molecular weight is 925 g/mol. The van der Waals surface area contributed by atoms with E-state index in [4.69, 9.17) is 14.2 Å². The highest BCUT2D eigenvalue weighted by Gasteiger charge is 2.19. The van der Waals surface area contributed by atoms with Gasteiger partial charge in [-0.25, -0.2) is 0 Å². The third-order valence-electron chi connectivity index (χ3n) is 10.6. The minimum atomic E-state index is -0.848. The van der Waals surface area contributed by atoms with Gasteiger partial charge < -0.3 is 14.2 Å². The van der Waals surface area contributed by atoms with Crippen molar-refractivity contribution in [1.82, 2.24) is 0 Å². The fraction of sp³-hybridized carbons (Fsp3) is 0.590. The van der Waals surface area contributed by atoms with Gasteiger partial charge in [-0.15, -0.1) is 0 Å². The maximum atomic E-state index is 12.8. The van der Waals surface area contributed by atoms with Gasteiger partial charge in [0.05, 0.1) is 0 Å². The predicted octanol–water partition coefficient (Wildman–Crippen LogP) is 17.9. The Morgan fingerprint density at radius 1 is 0.313 bits per heavy atom. The van der Waals surface area contributed by atoms with Crippen molar-refractivity contribution >= 4 is 17.9 Å². The Hall–Kier alpha value is -4.45. The van der Waals surface area contributed by atoms with Crippen LogP contribution in [0.3, 0.4) is 0 Å². The summed E-state index contributed by atoms with van der Waals surface area (Å²) in [4.78, 5) is 38.0. The van der Waals surface area contributed by atoms with Crippen LogP contribution in [0.4, 0.5) is 0 Å². The molecule has 0 bridgehead atoms. The molecule has 0 radical (unpaired) electrons. The summed E-state index contributed by atoms with van der Waals surface area (Å²) in [6.45, 7) is 6.34. The minimum Gasteiger partial charge on any atom is -0.462 e. The Kier molecular flexibility index (Phi) is 50.6. The van der Waals surface area contributed by atoms with Crippen LogP contribution in [0.25, 0.3) is 0 Å². The zero-order valence-corrected chi connectivity index (χ0v) is 42.9. The lowest BCUT2D eigenvalue weighted by Gasteiger charge is -2.18. The number of unbranched alkanes of at least 4 members (excludes halogenated alkanes) is 13. The molecule has 0 aliphatic rings. The van der Waals surface area contributed by atoms with E-state index in [0.717, 1.165) is 83.5 Å². The normalized spacial score (nSPS) is 13.2. The van der Waals surface area contributed by atoms with E-state index in [-0.39, 0.29) is 44.4 Å². The van der Waals surface area contributed by atoms with Crippen LogP contribution in [0, 0.1) is 0 Å². The summed E-state index contributed by atoms with van der Waals surface area (Å²) in [5.74, 6) is -1.10. The number of carbonyl (C=O) groups excluding carboxylic acids is 3. The number of hydrogen-bond acceptors (Lipinski definition) is 6. The highest BCUT2D eigenvalue weighted by molar-refractivity contribution is 5.71. The predicted molar refractivity (Wildman–Crippen MR) is 288 cm³/mol. The summed E-state index contributed by atoms with van der Waals surface area (Å²) < 4.78 is 16.7. The first-order chi connectivity index (χ1) is 33.0. The molecular formula is C61H96O6. The van der Waals surface area contributed by atoms with Gasteiger partial charge >= 0.3 is 17.9 Å². The Morgan fingerprint density at radius 2 is 0.597 bits per heavy atom. The highest BCUT2D eigenvalue weighted by Crippen LogP contribution is 2.10. The van der Waals surface area contributed by atoms with Crippen molar-refractivity contribution in [3.8, 4) is 0 Å². The molecule has 0 heterocycles. The van der Waals surface area contributed by atoms with Crippen molar-refractivity contribution in [3.63, 3.8) is 0 Å². The van der Waals surface area contributed by atoms with Gasteiger partial charge in [-0.1, -0.05) is 199 Å². The lowest BCUT2D eigenvalue weighted by molar-refractivity contribution is -0.167. The molecule has 0 fully saturated rings. The lowest BCUT2D eigenvalue weighted by Crippen LogP contribution is -2.30. The third-order valence-corrected chi connectivity index (χ3v) is 10.6. The summed E-state index contributed by atoms with van der Waals surface area (Å²) in [5.41, 5.74) is 0. The molecule has 0 aliphatic heterocycles. The van der Waals surface area contributed by atoms with Gasteiger partial charge in [-0.2, -0.15) is 0 Å². The number of carbonyl (C=O) groups is 3. The number of esters is 3. The van der Waals surface area contributed by atoms with Gasteiger partial charge in [0.1, 0.15) is 13.2 Å². The fourth-order valence-electron chi connectivity index (χ4n) is 6.62. The topological polar surface area (TPSA) is 78.9 Å². The summed E-state index contributed by atoms with van der Waals surface area (Å²) in [5, 5.41) is 0. The first-order valence-corrected chi connectivity index (χ1v) is 26.7. The van der Waals surface area contributed by atoms with Crippen LogP contribution in [0.5, 0.6) is 0 Å². The van der Waals surface area contributed by atoms with Crippen molar-refractivity contribution < 1.29 is 28.6 Å². The molecule has 67 heavy (non-hydrogen) atoms. The van der Waals surface area contributed by atoms with E-state index < -0.39 is 12.1 Å². The van der Waals surface area contributed by atoms with Crippen LogP contribution >= 0.6 is 0 Å². The molecular weight excluding hydrogens is 829 g/mol. The van der Waals surface area contributed by atoms with Gasteiger partial charge in [-0.3, -0.25) is 14.4 Å². The second kappa shape index (κ2) is 54.2. The second-order valence-corrected chi connectivity index (χ2v) is 17.0. The zero-order valence-electron chi connectivity index (χ0n) is 42.9. The molecule has 0 aliphatic carbocycles. The zero-order chi connectivity index (χ0) is 48.6. The van der Waals surface area contributed by atoms with E-state index >= 15 is 0 Å².